The van der Waals surface area contributed by atoms with Gasteiger partial charge in [0.1, 0.15) is 5.82 Å². The summed E-state index contributed by atoms with van der Waals surface area (Å²) in [6, 6.07) is 4.50. The van der Waals surface area contributed by atoms with Crippen LogP contribution < -0.4 is 0 Å². The van der Waals surface area contributed by atoms with E-state index in [9.17, 15) is 9.18 Å². The average Bonchev–Trinajstić information content (AvgIpc) is 3.00. The van der Waals surface area contributed by atoms with Crippen molar-refractivity contribution in [2.45, 2.75) is 32.1 Å². The molecule has 0 unspecified atom stereocenters. The number of Topliss-reactive ketones (excluding diaryl/α,β-unsaturated/α-hetero) is 1. The first-order valence-corrected chi connectivity index (χ1v) is 5.05. The fourth-order valence-electron chi connectivity index (χ4n) is 1.71. The summed E-state index contributed by atoms with van der Waals surface area (Å²) in [6.07, 6.45) is 2.67. The maximum atomic E-state index is 13.0. The Hall–Kier alpha value is -1.18. The maximum Gasteiger partial charge on any atom is 0.162 e. The van der Waals surface area contributed by atoms with Gasteiger partial charge in [-0.15, -0.1) is 0 Å². The van der Waals surface area contributed by atoms with Crippen molar-refractivity contribution < 1.29 is 9.18 Å². The van der Waals surface area contributed by atoms with E-state index in [0.29, 0.717) is 12.3 Å². The molecule has 74 valence electrons. The normalized spacial score (nSPS) is 15.6. The lowest BCUT2D eigenvalue weighted by atomic mass is 9.98. The molecule has 1 aromatic rings. The molecule has 0 bridgehead atoms. The molecule has 1 nitrogen and oxygen atoms in total. The second-order valence-electron chi connectivity index (χ2n) is 3.78. The second kappa shape index (κ2) is 3.52. The van der Waals surface area contributed by atoms with E-state index in [1.807, 2.05) is 6.92 Å². The Bertz CT molecular complexity index is 367. The van der Waals surface area contributed by atoms with Crippen LogP contribution >= 0.6 is 0 Å². The quantitative estimate of drug-likeness (QED) is 0.671. The van der Waals surface area contributed by atoms with Gasteiger partial charge in [-0.1, -0.05) is 6.92 Å². The maximum absolute atomic E-state index is 13.0. The van der Waals surface area contributed by atoms with Crippen LogP contribution in [0.2, 0.25) is 0 Å². The molecule has 0 spiro atoms. The number of hydrogen-bond donors (Lipinski definition) is 0. The van der Waals surface area contributed by atoms with E-state index < -0.39 is 0 Å². The van der Waals surface area contributed by atoms with E-state index in [1.54, 1.807) is 6.07 Å². The minimum absolute atomic E-state index is 0.118. The molecule has 0 radical (unpaired) electrons. The Morgan fingerprint density at radius 3 is 2.79 bits per heavy atom. The van der Waals surface area contributed by atoms with Crippen molar-refractivity contribution >= 4 is 5.78 Å². The Balaban J connectivity index is 2.42. The summed E-state index contributed by atoms with van der Waals surface area (Å²) in [5.74, 6) is 0.308. The van der Waals surface area contributed by atoms with Crippen molar-refractivity contribution in [1.82, 2.24) is 0 Å². The number of carbonyl (C=O) groups excluding carboxylic acids is 1. The van der Waals surface area contributed by atoms with Crippen LogP contribution in [-0.4, -0.2) is 5.78 Å². The molecule has 0 aromatic heterocycles. The van der Waals surface area contributed by atoms with Crippen LogP contribution in [-0.2, 0) is 0 Å². The van der Waals surface area contributed by atoms with Gasteiger partial charge in [0.15, 0.2) is 5.78 Å². The fraction of sp³-hybridized carbons (Fsp3) is 0.417. The molecule has 1 fully saturated rings. The van der Waals surface area contributed by atoms with Crippen molar-refractivity contribution in [1.29, 1.82) is 0 Å². The zero-order chi connectivity index (χ0) is 10.1. The molecule has 0 N–H and O–H groups in total. The number of halogens is 1. The second-order valence-corrected chi connectivity index (χ2v) is 3.78. The van der Waals surface area contributed by atoms with E-state index >= 15 is 0 Å². The van der Waals surface area contributed by atoms with Crippen LogP contribution in [0.5, 0.6) is 0 Å². The van der Waals surface area contributed by atoms with Gasteiger partial charge in [0.2, 0.25) is 0 Å². The summed E-state index contributed by atoms with van der Waals surface area (Å²) >= 11 is 0. The number of hydrogen-bond acceptors (Lipinski definition) is 1. The van der Waals surface area contributed by atoms with Crippen LogP contribution in [0.25, 0.3) is 0 Å². The highest BCUT2D eigenvalue weighted by Crippen LogP contribution is 2.42. The zero-order valence-corrected chi connectivity index (χ0v) is 8.22. The topological polar surface area (TPSA) is 17.1 Å². The molecule has 2 rings (SSSR count). The number of ketones is 1. The van der Waals surface area contributed by atoms with Crippen molar-refractivity contribution in [3.05, 3.63) is 35.1 Å². The summed E-state index contributed by atoms with van der Waals surface area (Å²) in [6.45, 7) is 1.84. The summed E-state index contributed by atoms with van der Waals surface area (Å²) in [4.78, 5) is 11.6. The third-order valence-electron chi connectivity index (χ3n) is 2.65. The van der Waals surface area contributed by atoms with Crippen molar-refractivity contribution in [3.8, 4) is 0 Å². The molecule has 0 saturated heterocycles. The lowest BCUT2D eigenvalue weighted by molar-refractivity contribution is 0.0987. The highest BCUT2D eigenvalue weighted by Gasteiger charge is 2.27. The third-order valence-corrected chi connectivity index (χ3v) is 2.65. The van der Waals surface area contributed by atoms with Gasteiger partial charge in [0.05, 0.1) is 0 Å². The minimum Gasteiger partial charge on any atom is -0.294 e. The van der Waals surface area contributed by atoms with Crippen LogP contribution in [0.1, 0.15) is 48.0 Å². The van der Waals surface area contributed by atoms with E-state index in [2.05, 4.69) is 0 Å². The van der Waals surface area contributed by atoms with Crippen molar-refractivity contribution in [2.75, 3.05) is 0 Å². The largest absolute Gasteiger partial charge is 0.294 e. The van der Waals surface area contributed by atoms with Crippen LogP contribution in [0, 0.1) is 5.82 Å². The summed E-state index contributed by atoms with van der Waals surface area (Å²) < 4.78 is 13.0. The molecular weight excluding hydrogens is 179 g/mol. The van der Waals surface area contributed by atoms with E-state index in [4.69, 9.17) is 0 Å². The first-order valence-electron chi connectivity index (χ1n) is 5.05. The van der Waals surface area contributed by atoms with E-state index in [0.717, 1.165) is 24.0 Å². The third kappa shape index (κ3) is 1.69. The standard InChI is InChI=1S/C12H13FO/c1-2-12(14)10-6-5-9(13)7-11(10)8-3-4-8/h5-8H,2-4H2,1H3. The summed E-state index contributed by atoms with van der Waals surface area (Å²) in [5.41, 5.74) is 1.63. The Morgan fingerprint density at radius 1 is 1.50 bits per heavy atom. The Kier molecular flexibility index (Phi) is 2.36. The molecule has 1 aromatic carbocycles. The monoisotopic (exact) mass is 192 g/mol. The lowest BCUT2D eigenvalue weighted by Gasteiger charge is -2.06. The molecule has 1 aliphatic carbocycles. The predicted octanol–water partition coefficient (Wildman–Crippen LogP) is 3.30. The van der Waals surface area contributed by atoms with Gasteiger partial charge in [-0.3, -0.25) is 4.79 Å². The van der Waals surface area contributed by atoms with Gasteiger partial charge >= 0.3 is 0 Å². The number of benzene rings is 1. The molecule has 1 saturated carbocycles. The highest BCUT2D eigenvalue weighted by atomic mass is 19.1. The molecule has 1 aliphatic rings. The molecule has 0 aliphatic heterocycles. The smallest absolute Gasteiger partial charge is 0.162 e. The molecule has 14 heavy (non-hydrogen) atoms. The molecular formula is C12H13FO. The van der Waals surface area contributed by atoms with Crippen molar-refractivity contribution in [3.63, 3.8) is 0 Å². The first-order chi connectivity index (χ1) is 6.72. The predicted molar refractivity (Wildman–Crippen MR) is 53.0 cm³/mol. The lowest BCUT2D eigenvalue weighted by Crippen LogP contribution is -2.02. The average molecular weight is 192 g/mol. The number of rotatable bonds is 3. The molecule has 0 amide bonds. The van der Waals surface area contributed by atoms with E-state index in [1.165, 1.54) is 12.1 Å². The summed E-state index contributed by atoms with van der Waals surface area (Å²) in [7, 11) is 0. The molecule has 0 heterocycles. The van der Waals surface area contributed by atoms with Crippen LogP contribution in [0.4, 0.5) is 4.39 Å². The van der Waals surface area contributed by atoms with Crippen molar-refractivity contribution in [2.24, 2.45) is 0 Å². The van der Waals surface area contributed by atoms with E-state index in [-0.39, 0.29) is 11.6 Å². The van der Waals surface area contributed by atoms with Crippen LogP contribution in [0.3, 0.4) is 0 Å². The summed E-state index contributed by atoms with van der Waals surface area (Å²) in [5, 5.41) is 0. The van der Waals surface area contributed by atoms with Gasteiger partial charge in [-0.25, -0.2) is 4.39 Å². The first kappa shape index (κ1) is 9.38. The Labute approximate surface area is 82.9 Å². The van der Waals surface area contributed by atoms with Gasteiger partial charge in [0.25, 0.3) is 0 Å². The highest BCUT2D eigenvalue weighted by molar-refractivity contribution is 5.97. The molecule has 2 heteroatoms. The van der Waals surface area contributed by atoms with Crippen LogP contribution in [0.15, 0.2) is 18.2 Å². The fourth-order valence-corrected chi connectivity index (χ4v) is 1.71. The zero-order valence-electron chi connectivity index (χ0n) is 8.22. The van der Waals surface area contributed by atoms with Gasteiger partial charge in [-0.05, 0) is 42.5 Å². The van der Waals surface area contributed by atoms with Gasteiger partial charge in [0, 0.05) is 12.0 Å². The SMILES string of the molecule is CCC(=O)c1ccc(F)cc1C1CC1. The van der Waals surface area contributed by atoms with Gasteiger partial charge < -0.3 is 0 Å². The molecule has 0 atom stereocenters. The Morgan fingerprint density at radius 2 is 2.21 bits per heavy atom. The number of carbonyl (C=O) groups is 1. The van der Waals surface area contributed by atoms with Gasteiger partial charge in [-0.2, -0.15) is 0 Å². The minimum atomic E-state index is -0.237.